The third-order valence-corrected chi connectivity index (χ3v) is 2.76. The van der Waals surface area contributed by atoms with E-state index in [4.69, 9.17) is 0 Å². The van der Waals surface area contributed by atoms with Gasteiger partial charge in [-0.1, -0.05) is 17.8 Å². The van der Waals surface area contributed by atoms with Crippen LogP contribution >= 0.6 is 11.8 Å². The number of carbonyl (C=O) groups excluding carboxylic acids is 1. The van der Waals surface area contributed by atoms with E-state index in [1.165, 1.54) is 0 Å². The third-order valence-electron chi connectivity index (χ3n) is 1.74. The lowest BCUT2D eigenvalue weighted by molar-refractivity contribution is -0.118. The molecule has 2 rings (SSSR count). The first-order valence-corrected chi connectivity index (χ1v) is 4.52. The second-order valence-electron chi connectivity index (χ2n) is 2.80. The Balaban J connectivity index is 2.40. The van der Waals surface area contributed by atoms with Crippen molar-refractivity contribution in [1.29, 1.82) is 0 Å². The van der Waals surface area contributed by atoms with Gasteiger partial charge < -0.3 is 0 Å². The average Bonchev–Trinajstić information content (AvgIpc) is 2.29. The van der Waals surface area contributed by atoms with Crippen molar-refractivity contribution in [2.45, 2.75) is 13.8 Å². The van der Waals surface area contributed by atoms with Crippen LogP contribution in [0, 0.1) is 5.92 Å². The summed E-state index contributed by atoms with van der Waals surface area (Å²) in [6.45, 7) is 3.73. The lowest BCUT2D eigenvalue weighted by atomic mass is 10.1. The first-order valence-electron chi connectivity index (χ1n) is 3.71. The maximum Gasteiger partial charge on any atom is 0.260 e. The van der Waals surface area contributed by atoms with Crippen LogP contribution in [0.5, 0.6) is 0 Å². The number of amidine groups is 1. The molecule has 0 N–H and O–H groups in total. The van der Waals surface area contributed by atoms with Crippen molar-refractivity contribution in [2.24, 2.45) is 15.9 Å². The molecule has 0 spiro atoms. The summed E-state index contributed by atoms with van der Waals surface area (Å²) < 4.78 is 0. The fourth-order valence-electron chi connectivity index (χ4n) is 1.25. The monoisotopic (exact) mass is 180 g/mol. The molecule has 2 aliphatic rings. The van der Waals surface area contributed by atoms with Crippen molar-refractivity contribution in [1.82, 2.24) is 0 Å². The highest BCUT2D eigenvalue weighted by Gasteiger charge is 2.31. The number of fused-ring (bicyclic) bond motifs is 1. The van der Waals surface area contributed by atoms with Crippen LogP contribution in [-0.2, 0) is 4.79 Å². The van der Waals surface area contributed by atoms with Crippen LogP contribution in [0.1, 0.15) is 13.8 Å². The van der Waals surface area contributed by atoms with E-state index in [1.807, 2.05) is 13.0 Å². The minimum atomic E-state index is -0.182. The van der Waals surface area contributed by atoms with Gasteiger partial charge in [0.2, 0.25) is 0 Å². The molecule has 4 heteroatoms. The molecule has 0 aromatic rings. The van der Waals surface area contributed by atoms with Gasteiger partial charge >= 0.3 is 0 Å². The van der Waals surface area contributed by atoms with Crippen LogP contribution in [0.4, 0.5) is 0 Å². The molecule has 0 bridgehead atoms. The number of hydrogen-bond donors (Lipinski definition) is 0. The first-order chi connectivity index (χ1) is 5.66. The van der Waals surface area contributed by atoms with Gasteiger partial charge in [0.05, 0.1) is 5.04 Å². The zero-order valence-corrected chi connectivity index (χ0v) is 7.68. The molecule has 0 saturated heterocycles. The fourth-order valence-corrected chi connectivity index (χ4v) is 2.26. The van der Waals surface area contributed by atoms with E-state index in [0.717, 1.165) is 9.95 Å². The topological polar surface area (TPSA) is 41.8 Å². The number of thioether (sulfide) groups is 1. The van der Waals surface area contributed by atoms with E-state index in [2.05, 4.69) is 9.98 Å². The summed E-state index contributed by atoms with van der Waals surface area (Å²) in [6.07, 6.45) is 1.92. The Bertz CT molecular complexity index is 341. The van der Waals surface area contributed by atoms with Gasteiger partial charge in [-0.3, -0.25) is 4.79 Å². The van der Waals surface area contributed by atoms with Gasteiger partial charge in [0.25, 0.3) is 5.91 Å². The Kier molecular flexibility index (Phi) is 1.65. The Morgan fingerprint density at radius 3 is 2.92 bits per heavy atom. The smallest absolute Gasteiger partial charge is 0.260 e. The number of hydrogen-bond acceptors (Lipinski definition) is 3. The van der Waals surface area contributed by atoms with Gasteiger partial charge in [-0.15, -0.1) is 0 Å². The van der Waals surface area contributed by atoms with Crippen LogP contribution in [0.25, 0.3) is 0 Å². The number of aliphatic imine (C=N–C) groups is 2. The number of carbonyl (C=O) groups is 1. The summed E-state index contributed by atoms with van der Waals surface area (Å²) in [5.41, 5.74) is 0. The van der Waals surface area contributed by atoms with E-state index in [-0.39, 0.29) is 11.8 Å². The molecule has 0 saturated carbocycles. The van der Waals surface area contributed by atoms with E-state index in [1.54, 1.807) is 18.7 Å². The molecule has 1 atom stereocenters. The van der Waals surface area contributed by atoms with Crippen LogP contribution in [0.15, 0.2) is 21.0 Å². The van der Waals surface area contributed by atoms with Crippen molar-refractivity contribution >= 4 is 28.5 Å². The minimum Gasteiger partial charge on any atom is -0.271 e. The molecule has 2 aliphatic heterocycles. The van der Waals surface area contributed by atoms with Gasteiger partial charge in [0.1, 0.15) is 11.8 Å². The van der Waals surface area contributed by atoms with Gasteiger partial charge in [0, 0.05) is 0 Å². The molecule has 0 fully saturated rings. The lowest BCUT2D eigenvalue weighted by Crippen LogP contribution is -2.21. The number of allylic oxidation sites excluding steroid dienone is 1. The highest BCUT2D eigenvalue weighted by Crippen LogP contribution is 2.33. The zero-order valence-electron chi connectivity index (χ0n) is 6.87. The second-order valence-corrected chi connectivity index (χ2v) is 4.07. The molecular formula is C8H8N2OS. The van der Waals surface area contributed by atoms with Crippen molar-refractivity contribution in [3.05, 3.63) is 11.0 Å². The summed E-state index contributed by atoms with van der Waals surface area (Å²) >= 11 is 1.57. The molecule has 0 aromatic heterocycles. The normalized spacial score (nSPS) is 27.7. The Labute approximate surface area is 74.7 Å². The Hall–Kier alpha value is -0.900. The largest absolute Gasteiger partial charge is 0.271 e. The SMILES string of the molecule is CC1=CC2C(=O)N=C(C)N=C2S1. The quantitative estimate of drug-likeness (QED) is 0.568. The van der Waals surface area contributed by atoms with Gasteiger partial charge in [0.15, 0.2) is 0 Å². The van der Waals surface area contributed by atoms with Crippen LogP contribution < -0.4 is 0 Å². The van der Waals surface area contributed by atoms with Crippen molar-refractivity contribution in [3.63, 3.8) is 0 Å². The van der Waals surface area contributed by atoms with Gasteiger partial charge in [-0.05, 0) is 18.8 Å². The standard InChI is InChI=1S/C8H8N2OS/c1-4-3-6-7(11)9-5(2)10-8(6)12-4/h3,6H,1-2H3. The number of rotatable bonds is 0. The third kappa shape index (κ3) is 1.12. The Morgan fingerprint density at radius 1 is 1.42 bits per heavy atom. The molecule has 1 unspecified atom stereocenters. The average molecular weight is 180 g/mol. The zero-order chi connectivity index (χ0) is 8.72. The van der Waals surface area contributed by atoms with E-state index in [0.29, 0.717) is 5.84 Å². The van der Waals surface area contributed by atoms with Crippen LogP contribution in [0.2, 0.25) is 0 Å². The number of amides is 1. The predicted octanol–water partition coefficient (Wildman–Crippen LogP) is 1.61. The molecule has 62 valence electrons. The number of nitrogens with zero attached hydrogens (tertiary/aromatic N) is 2. The fraction of sp³-hybridized carbons (Fsp3) is 0.375. The summed E-state index contributed by atoms with van der Waals surface area (Å²) in [5.74, 6) is 0.308. The lowest BCUT2D eigenvalue weighted by Gasteiger charge is -2.09. The highest BCUT2D eigenvalue weighted by molar-refractivity contribution is 8.17. The minimum absolute atomic E-state index is 0.0816. The summed E-state index contributed by atoms with van der Waals surface area (Å²) in [5, 5.41) is 0.880. The molecule has 2 heterocycles. The van der Waals surface area contributed by atoms with Gasteiger partial charge in [-0.2, -0.15) is 4.99 Å². The molecule has 1 amide bonds. The van der Waals surface area contributed by atoms with Crippen LogP contribution in [-0.4, -0.2) is 16.8 Å². The molecule has 0 aliphatic carbocycles. The van der Waals surface area contributed by atoms with Gasteiger partial charge in [-0.25, -0.2) is 4.99 Å². The first kappa shape index (κ1) is 7.73. The summed E-state index contributed by atoms with van der Waals surface area (Å²) in [6, 6.07) is 0. The Morgan fingerprint density at radius 2 is 2.17 bits per heavy atom. The molecule has 3 nitrogen and oxygen atoms in total. The summed E-state index contributed by atoms with van der Waals surface area (Å²) in [4.78, 5) is 20.4. The van der Waals surface area contributed by atoms with E-state index < -0.39 is 0 Å². The van der Waals surface area contributed by atoms with E-state index >= 15 is 0 Å². The van der Waals surface area contributed by atoms with Crippen molar-refractivity contribution in [2.75, 3.05) is 0 Å². The maximum absolute atomic E-state index is 11.3. The second kappa shape index (κ2) is 2.55. The molecule has 0 aromatic carbocycles. The van der Waals surface area contributed by atoms with E-state index in [9.17, 15) is 4.79 Å². The summed E-state index contributed by atoms with van der Waals surface area (Å²) in [7, 11) is 0. The van der Waals surface area contributed by atoms with Crippen molar-refractivity contribution in [3.8, 4) is 0 Å². The highest BCUT2D eigenvalue weighted by atomic mass is 32.2. The van der Waals surface area contributed by atoms with Crippen molar-refractivity contribution < 1.29 is 4.79 Å². The molecule has 12 heavy (non-hydrogen) atoms. The molecule has 0 radical (unpaired) electrons. The van der Waals surface area contributed by atoms with Crippen LogP contribution in [0.3, 0.4) is 0 Å². The predicted molar refractivity (Wildman–Crippen MR) is 50.4 cm³/mol. The maximum atomic E-state index is 11.3. The molecular weight excluding hydrogens is 172 g/mol.